The molecule has 0 aliphatic carbocycles. The van der Waals surface area contributed by atoms with Crippen LogP contribution in [-0.4, -0.2) is 20.1 Å². The van der Waals surface area contributed by atoms with Gasteiger partial charge in [0.25, 0.3) is 0 Å². The molecule has 0 saturated heterocycles. The van der Waals surface area contributed by atoms with Gasteiger partial charge in [0.2, 0.25) is 5.91 Å². The largest absolute Gasteiger partial charge is 0.496 e. The third kappa shape index (κ3) is 2.99. The number of benzene rings is 1. The maximum Gasteiger partial charge on any atom is 0.220 e. The Morgan fingerprint density at radius 2 is 2.19 bits per heavy atom. The fourth-order valence-electron chi connectivity index (χ4n) is 1.73. The van der Waals surface area contributed by atoms with Crippen molar-refractivity contribution in [2.75, 3.05) is 14.2 Å². The minimum Gasteiger partial charge on any atom is -0.496 e. The molecular formula is C13H19NO2. The van der Waals surface area contributed by atoms with Crippen molar-refractivity contribution < 1.29 is 9.53 Å². The normalized spacial score (nSPS) is 12.0. The Labute approximate surface area is 96.8 Å². The van der Waals surface area contributed by atoms with Gasteiger partial charge in [0.05, 0.1) is 7.11 Å². The number of rotatable bonds is 4. The third-order valence-electron chi connectivity index (χ3n) is 2.69. The first-order valence-electron chi connectivity index (χ1n) is 5.43. The van der Waals surface area contributed by atoms with E-state index < -0.39 is 0 Å². The summed E-state index contributed by atoms with van der Waals surface area (Å²) in [6, 6.07) is 6.03. The molecular weight excluding hydrogens is 202 g/mol. The second kappa shape index (κ2) is 5.54. The van der Waals surface area contributed by atoms with Crippen LogP contribution in [0.3, 0.4) is 0 Å². The zero-order valence-electron chi connectivity index (χ0n) is 10.3. The van der Waals surface area contributed by atoms with Crippen LogP contribution < -0.4 is 10.1 Å². The number of aryl methyl sites for hydroxylation is 1. The van der Waals surface area contributed by atoms with E-state index >= 15 is 0 Å². The summed E-state index contributed by atoms with van der Waals surface area (Å²) in [4.78, 5) is 11.3. The van der Waals surface area contributed by atoms with Crippen LogP contribution in [0.15, 0.2) is 18.2 Å². The molecule has 0 aromatic heterocycles. The predicted octanol–water partition coefficient (Wildman–Crippen LogP) is 2.24. The Morgan fingerprint density at radius 1 is 1.50 bits per heavy atom. The van der Waals surface area contributed by atoms with Crippen LogP contribution in [0.4, 0.5) is 0 Å². The summed E-state index contributed by atoms with van der Waals surface area (Å²) < 4.78 is 5.30. The third-order valence-corrected chi connectivity index (χ3v) is 2.69. The Balaban J connectivity index is 2.92. The summed E-state index contributed by atoms with van der Waals surface area (Å²) in [7, 11) is 3.31. The topological polar surface area (TPSA) is 38.3 Å². The molecule has 0 aliphatic heterocycles. The highest BCUT2D eigenvalue weighted by molar-refractivity contribution is 5.76. The number of methoxy groups -OCH3 is 1. The van der Waals surface area contributed by atoms with Gasteiger partial charge in [0.15, 0.2) is 0 Å². The van der Waals surface area contributed by atoms with E-state index in [4.69, 9.17) is 4.74 Å². The first kappa shape index (κ1) is 12.6. The highest BCUT2D eigenvalue weighted by Gasteiger charge is 2.14. The zero-order valence-corrected chi connectivity index (χ0v) is 10.3. The number of carbonyl (C=O) groups is 1. The molecule has 3 heteroatoms. The molecule has 1 aromatic rings. The number of carbonyl (C=O) groups excluding carboxylic acids is 1. The van der Waals surface area contributed by atoms with Crippen molar-refractivity contribution in [1.29, 1.82) is 0 Å². The molecule has 0 radical (unpaired) electrons. The van der Waals surface area contributed by atoms with Gasteiger partial charge in [-0.25, -0.2) is 0 Å². The molecule has 0 bridgehead atoms. The van der Waals surface area contributed by atoms with Crippen LogP contribution in [0.25, 0.3) is 0 Å². The van der Waals surface area contributed by atoms with E-state index in [2.05, 4.69) is 11.4 Å². The molecule has 0 fully saturated rings. The molecule has 1 rings (SSSR count). The molecule has 88 valence electrons. The molecule has 0 spiro atoms. The fourth-order valence-corrected chi connectivity index (χ4v) is 1.73. The van der Waals surface area contributed by atoms with Gasteiger partial charge in [-0.2, -0.15) is 0 Å². The van der Waals surface area contributed by atoms with Crippen molar-refractivity contribution in [2.45, 2.75) is 26.2 Å². The molecule has 1 amide bonds. The lowest BCUT2D eigenvalue weighted by atomic mass is 9.95. The molecule has 3 nitrogen and oxygen atoms in total. The number of nitrogens with one attached hydrogen (secondary N) is 1. The number of amides is 1. The second-order valence-corrected chi connectivity index (χ2v) is 4.02. The fraction of sp³-hybridized carbons (Fsp3) is 0.462. The summed E-state index contributed by atoms with van der Waals surface area (Å²) in [5, 5.41) is 2.64. The van der Waals surface area contributed by atoms with E-state index in [9.17, 15) is 4.79 Å². The van der Waals surface area contributed by atoms with E-state index in [1.54, 1.807) is 14.2 Å². The lowest BCUT2D eigenvalue weighted by molar-refractivity contribution is -0.120. The zero-order chi connectivity index (χ0) is 12.1. The standard InChI is InChI=1S/C13H19NO2/c1-9-5-6-12(16-4)11(7-9)10(2)8-13(15)14-3/h5-7,10H,8H2,1-4H3,(H,14,15). The lowest BCUT2D eigenvalue weighted by Gasteiger charge is -2.15. The summed E-state index contributed by atoms with van der Waals surface area (Å²) in [5.74, 6) is 1.06. The summed E-state index contributed by atoms with van der Waals surface area (Å²) >= 11 is 0. The highest BCUT2D eigenvalue weighted by atomic mass is 16.5. The minimum absolute atomic E-state index is 0.0519. The van der Waals surface area contributed by atoms with Crippen molar-refractivity contribution in [3.63, 3.8) is 0 Å². The van der Waals surface area contributed by atoms with Gasteiger partial charge in [-0.15, -0.1) is 0 Å². The molecule has 0 saturated carbocycles. The van der Waals surface area contributed by atoms with Gasteiger partial charge in [-0.1, -0.05) is 24.6 Å². The number of hydrogen-bond acceptors (Lipinski definition) is 2. The lowest BCUT2D eigenvalue weighted by Crippen LogP contribution is -2.19. The summed E-state index contributed by atoms with van der Waals surface area (Å²) in [6.07, 6.45) is 0.482. The molecule has 16 heavy (non-hydrogen) atoms. The quantitative estimate of drug-likeness (QED) is 0.846. The molecule has 1 N–H and O–H groups in total. The first-order chi connectivity index (χ1) is 7.58. The molecule has 1 atom stereocenters. The predicted molar refractivity (Wildman–Crippen MR) is 64.8 cm³/mol. The van der Waals surface area contributed by atoms with E-state index in [-0.39, 0.29) is 11.8 Å². The van der Waals surface area contributed by atoms with Gasteiger partial charge >= 0.3 is 0 Å². The molecule has 0 aliphatic rings. The number of ether oxygens (including phenoxy) is 1. The molecule has 0 heterocycles. The van der Waals surface area contributed by atoms with Crippen molar-refractivity contribution in [2.24, 2.45) is 0 Å². The number of hydrogen-bond donors (Lipinski definition) is 1. The van der Waals surface area contributed by atoms with Crippen molar-refractivity contribution in [3.8, 4) is 5.75 Å². The Hall–Kier alpha value is -1.51. The van der Waals surface area contributed by atoms with Crippen LogP contribution in [0.5, 0.6) is 5.75 Å². The summed E-state index contributed by atoms with van der Waals surface area (Å²) in [6.45, 7) is 4.07. The summed E-state index contributed by atoms with van der Waals surface area (Å²) in [5.41, 5.74) is 2.27. The van der Waals surface area contributed by atoms with E-state index in [0.717, 1.165) is 11.3 Å². The molecule has 1 unspecified atom stereocenters. The van der Waals surface area contributed by atoms with Crippen LogP contribution in [0.2, 0.25) is 0 Å². The Bertz CT molecular complexity index is 374. The van der Waals surface area contributed by atoms with Crippen molar-refractivity contribution >= 4 is 5.91 Å². The Kier molecular flexibility index (Phi) is 4.35. The minimum atomic E-state index is 0.0519. The van der Waals surface area contributed by atoms with E-state index in [0.29, 0.717) is 6.42 Å². The maximum absolute atomic E-state index is 11.3. The highest BCUT2D eigenvalue weighted by Crippen LogP contribution is 2.29. The van der Waals surface area contributed by atoms with Gasteiger partial charge in [-0.3, -0.25) is 4.79 Å². The van der Waals surface area contributed by atoms with Gasteiger partial charge < -0.3 is 10.1 Å². The SMILES string of the molecule is CNC(=O)CC(C)c1cc(C)ccc1OC. The van der Waals surface area contributed by atoms with Crippen LogP contribution in [-0.2, 0) is 4.79 Å². The van der Waals surface area contributed by atoms with Crippen molar-refractivity contribution in [1.82, 2.24) is 5.32 Å². The van der Waals surface area contributed by atoms with E-state index in [1.807, 2.05) is 26.0 Å². The van der Waals surface area contributed by atoms with Crippen LogP contribution >= 0.6 is 0 Å². The van der Waals surface area contributed by atoms with Crippen molar-refractivity contribution in [3.05, 3.63) is 29.3 Å². The second-order valence-electron chi connectivity index (χ2n) is 4.02. The van der Waals surface area contributed by atoms with Crippen LogP contribution in [0, 0.1) is 6.92 Å². The van der Waals surface area contributed by atoms with Crippen LogP contribution in [0.1, 0.15) is 30.4 Å². The van der Waals surface area contributed by atoms with Gasteiger partial charge in [0, 0.05) is 13.5 Å². The van der Waals surface area contributed by atoms with Gasteiger partial charge in [0.1, 0.15) is 5.75 Å². The Morgan fingerprint density at radius 3 is 2.75 bits per heavy atom. The average molecular weight is 221 g/mol. The average Bonchev–Trinajstić information content (AvgIpc) is 2.28. The smallest absolute Gasteiger partial charge is 0.220 e. The maximum atomic E-state index is 11.3. The monoisotopic (exact) mass is 221 g/mol. The first-order valence-corrected chi connectivity index (χ1v) is 5.43. The van der Waals surface area contributed by atoms with E-state index in [1.165, 1.54) is 5.56 Å². The molecule has 1 aromatic carbocycles. The van der Waals surface area contributed by atoms with Gasteiger partial charge in [-0.05, 0) is 24.5 Å².